The van der Waals surface area contributed by atoms with Gasteiger partial charge in [-0.15, -0.1) is 0 Å². The number of benzene rings is 3. The van der Waals surface area contributed by atoms with E-state index in [0.29, 0.717) is 5.92 Å². The third kappa shape index (κ3) is 5.08. The van der Waals surface area contributed by atoms with Crippen molar-refractivity contribution < 1.29 is 4.79 Å². The quantitative estimate of drug-likeness (QED) is 0.567. The molecule has 4 nitrogen and oxygen atoms in total. The van der Waals surface area contributed by atoms with Crippen LogP contribution in [0.5, 0.6) is 0 Å². The Labute approximate surface area is 185 Å². The number of amides is 1. The van der Waals surface area contributed by atoms with Crippen LogP contribution in [-0.2, 0) is 0 Å². The number of nitrogens with zero attached hydrogens (tertiary/aromatic N) is 1. The fourth-order valence-corrected chi connectivity index (χ4v) is 4.49. The minimum atomic E-state index is -0.0751. The highest BCUT2D eigenvalue weighted by atomic mass is 16.1. The first-order chi connectivity index (χ1) is 15.0. The highest BCUT2D eigenvalue weighted by Gasteiger charge is 2.18. The zero-order valence-corrected chi connectivity index (χ0v) is 18.8. The Morgan fingerprint density at radius 3 is 2.61 bits per heavy atom. The summed E-state index contributed by atoms with van der Waals surface area (Å²) in [6, 6.07) is 20.6. The van der Waals surface area contributed by atoms with Crippen molar-refractivity contribution in [2.75, 3.05) is 32.0 Å². The molecule has 0 spiro atoms. The molecule has 2 N–H and O–H groups in total. The van der Waals surface area contributed by atoms with Gasteiger partial charge >= 0.3 is 0 Å². The fraction of sp³-hybridized carbons (Fsp3) is 0.370. The molecule has 4 heteroatoms. The molecule has 0 saturated carbocycles. The lowest BCUT2D eigenvalue weighted by Crippen LogP contribution is -2.33. The average molecular weight is 416 g/mol. The molecule has 162 valence electrons. The second-order valence-electron chi connectivity index (χ2n) is 8.92. The molecule has 1 fully saturated rings. The van der Waals surface area contributed by atoms with Crippen molar-refractivity contribution in [3.8, 4) is 0 Å². The van der Waals surface area contributed by atoms with Crippen LogP contribution in [-0.4, -0.2) is 37.5 Å². The highest BCUT2D eigenvalue weighted by molar-refractivity contribution is 5.97. The summed E-state index contributed by atoms with van der Waals surface area (Å²) in [4.78, 5) is 15.5. The molecule has 4 rings (SSSR count). The van der Waals surface area contributed by atoms with E-state index in [0.717, 1.165) is 28.9 Å². The lowest BCUT2D eigenvalue weighted by atomic mass is 9.97. The number of nitrogens with one attached hydrogen (secondary N) is 2. The molecule has 0 radical (unpaired) electrons. The summed E-state index contributed by atoms with van der Waals surface area (Å²) in [7, 11) is 2.19. The Morgan fingerprint density at radius 2 is 1.81 bits per heavy atom. The predicted molar refractivity (Wildman–Crippen MR) is 130 cm³/mol. The van der Waals surface area contributed by atoms with E-state index in [4.69, 9.17) is 0 Å². The van der Waals surface area contributed by atoms with Gasteiger partial charge in [-0.1, -0.05) is 48.5 Å². The van der Waals surface area contributed by atoms with Gasteiger partial charge in [0.2, 0.25) is 0 Å². The molecule has 1 aliphatic heterocycles. The fourth-order valence-electron chi connectivity index (χ4n) is 4.49. The predicted octanol–water partition coefficient (Wildman–Crippen LogP) is 5.39. The first-order valence-corrected chi connectivity index (χ1v) is 11.3. The van der Waals surface area contributed by atoms with Crippen molar-refractivity contribution in [3.05, 3.63) is 77.4 Å². The number of likely N-dealkylation sites (tertiary alicyclic amines) is 1. The highest BCUT2D eigenvalue weighted by Crippen LogP contribution is 2.25. The van der Waals surface area contributed by atoms with Crippen molar-refractivity contribution >= 4 is 22.4 Å². The van der Waals surface area contributed by atoms with Gasteiger partial charge in [0.05, 0.1) is 6.04 Å². The van der Waals surface area contributed by atoms with Crippen LogP contribution in [0.2, 0.25) is 0 Å². The monoisotopic (exact) mass is 415 g/mol. The maximum absolute atomic E-state index is 13.1. The van der Waals surface area contributed by atoms with E-state index in [1.807, 2.05) is 31.2 Å². The van der Waals surface area contributed by atoms with Crippen LogP contribution >= 0.6 is 0 Å². The molecule has 31 heavy (non-hydrogen) atoms. The number of piperidine rings is 1. The van der Waals surface area contributed by atoms with Crippen LogP contribution in [0.3, 0.4) is 0 Å². The minimum Gasteiger partial charge on any atom is -0.385 e. The molecule has 1 amide bonds. The van der Waals surface area contributed by atoms with Gasteiger partial charge in [0.1, 0.15) is 0 Å². The normalized spacial score (nSPS) is 16.2. The van der Waals surface area contributed by atoms with Gasteiger partial charge in [-0.05, 0) is 86.8 Å². The SMILES string of the molecule is Cc1ccc(NCC2CCN(C)CC2)cc1C(=O)N[C@H](C)c1cccc2ccccc12. The Balaban J connectivity index is 1.44. The summed E-state index contributed by atoms with van der Waals surface area (Å²) in [6.07, 6.45) is 2.45. The number of fused-ring (bicyclic) bond motifs is 1. The van der Waals surface area contributed by atoms with Gasteiger partial charge in [-0.25, -0.2) is 0 Å². The van der Waals surface area contributed by atoms with Gasteiger partial charge in [0.15, 0.2) is 0 Å². The van der Waals surface area contributed by atoms with Crippen LogP contribution in [0.25, 0.3) is 10.8 Å². The number of hydrogen-bond acceptors (Lipinski definition) is 3. The molecule has 1 saturated heterocycles. The average Bonchev–Trinajstić information content (AvgIpc) is 2.79. The zero-order valence-electron chi connectivity index (χ0n) is 18.8. The van der Waals surface area contributed by atoms with E-state index < -0.39 is 0 Å². The second kappa shape index (κ2) is 9.52. The summed E-state index contributed by atoms with van der Waals surface area (Å²) in [5.41, 5.74) is 3.89. The number of carbonyl (C=O) groups is 1. The maximum atomic E-state index is 13.1. The molecule has 0 bridgehead atoms. The number of rotatable bonds is 6. The third-order valence-corrected chi connectivity index (χ3v) is 6.55. The lowest BCUT2D eigenvalue weighted by molar-refractivity contribution is 0.0939. The number of anilines is 1. The molecular formula is C27H33N3O. The number of aryl methyl sites for hydroxylation is 1. The van der Waals surface area contributed by atoms with Gasteiger partial charge in [-0.3, -0.25) is 4.79 Å². The van der Waals surface area contributed by atoms with Crippen LogP contribution in [0, 0.1) is 12.8 Å². The zero-order chi connectivity index (χ0) is 21.8. The largest absolute Gasteiger partial charge is 0.385 e. The number of carbonyl (C=O) groups excluding carboxylic acids is 1. The first-order valence-electron chi connectivity index (χ1n) is 11.3. The van der Waals surface area contributed by atoms with Gasteiger partial charge in [0.25, 0.3) is 5.91 Å². The van der Waals surface area contributed by atoms with E-state index >= 15 is 0 Å². The summed E-state index contributed by atoms with van der Waals surface area (Å²) in [6.45, 7) is 7.35. The molecule has 1 atom stereocenters. The summed E-state index contributed by atoms with van der Waals surface area (Å²) in [5, 5.41) is 9.15. The van der Waals surface area contributed by atoms with Crippen LogP contribution in [0.4, 0.5) is 5.69 Å². The second-order valence-corrected chi connectivity index (χ2v) is 8.92. The minimum absolute atomic E-state index is 0.0270. The van der Waals surface area contributed by atoms with Gasteiger partial charge in [0, 0.05) is 17.8 Å². The van der Waals surface area contributed by atoms with Crippen LogP contribution in [0.1, 0.15) is 47.3 Å². The molecule has 0 aromatic heterocycles. The van der Waals surface area contributed by atoms with Crippen molar-refractivity contribution in [1.29, 1.82) is 0 Å². The Bertz CT molecular complexity index is 1050. The number of hydrogen-bond donors (Lipinski definition) is 2. The molecule has 0 unspecified atom stereocenters. The molecule has 3 aromatic rings. The topological polar surface area (TPSA) is 44.4 Å². The molecule has 1 heterocycles. The maximum Gasteiger partial charge on any atom is 0.252 e. The third-order valence-electron chi connectivity index (χ3n) is 6.55. The van der Waals surface area contributed by atoms with Crippen molar-refractivity contribution in [3.63, 3.8) is 0 Å². The molecule has 1 aliphatic rings. The smallest absolute Gasteiger partial charge is 0.252 e. The van der Waals surface area contributed by atoms with E-state index in [1.165, 1.54) is 36.7 Å². The molecular weight excluding hydrogens is 382 g/mol. The Kier molecular flexibility index (Phi) is 6.57. The summed E-state index contributed by atoms with van der Waals surface area (Å²) in [5.74, 6) is 0.669. The summed E-state index contributed by atoms with van der Waals surface area (Å²) >= 11 is 0. The van der Waals surface area contributed by atoms with Crippen LogP contribution in [0.15, 0.2) is 60.7 Å². The van der Waals surface area contributed by atoms with E-state index in [1.54, 1.807) is 0 Å². The van der Waals surface area contributed by atoms with E-state index in [2.05, 4.69) is 65.9 Å². The summed E-state index contributed by atoms with van der Waals surface area (Å²) < 4.78 is 0. The van der Waals surface area contributed by atoms with Crippen molar-refractivity contribution in [2.45, 2.75) is 32.7 Å². The lowest BCUT2D eigenvalue weighted by Gasteiger charge is -2.29. The Hall–Kier alpha value is -2.85. The van der Waals surface area contributed by atoms with Crippen molar-refractivity contribution in [1.82, 2.24) is 10.2 Å². The van der Waals surface area contributed by atoms with Gasteiger partial charge < -0.3 is 15.5 Å². The Morgan fingerprint density at radius 1 is 1.06 bits per heavy atom. The molecule has 3 aromatic carbocycles. The standard InChI is InChI=1S/C27H33N3O/c1-19-11-12-23(28-18-21-13-15-30(3)16-14-21)17-26(19)27(31)29-20(2)24-10-6-8-22-7-4-5-9-25(22)24/h4-12,17,20-21,28H,13-16,18H2,1-3H3,(H,29,31)/t20-/m1/s1. The molecule has 0 aliphatic carbocycles. The van der Waals surface area contributed by atoms with Gasteiger partial charge in [-0.2, -0.15) is 0 Å². The van der Waals surface area contributed by atoms with Crippen molar-refractivity contribution in [2.24, 2.45) is 5.92 Å². The first kappa shape index (κ1) is 21.4. The van der Waals surface area contributed by atoms with E-state index in [9.17, 15) is 4.79 Å². The van der Waals surface area contributed by atoms with E-state index in [-0.39, 0.29) is 11.9 Å². The van der Waals surface area contributed by atoms with Crippen LogP contribution < -0.4 is 10.6 Å².